The predicted octanol–water partition coefficient (Wildman–Crippen LogP) is 2.97. The molecule has 1 aromatic carbocycles. The van der Waals surface area contributed by atoms with E-state index in [4.69, 9.17) is 19.7 Å². The average Bonchev–Trinajstić information content (AvgIpc) is 3.09. The summed E-state index contributed by atoms with van der Waals surface area (Å²) in [4.78, 5) is 0. The van der Waals surface area contributed by atoms with Gasteiger partial charge in [0.2, 0.25) is 5.88 Å². The summed E-state index contributed by atoms with van der Waals surface area (Å²) in [5.74, 6) is 1.46. The number of anilines is 1. The third-order valence-corrected chi connectivity index (χ3v) is 3.73. The molecule has 5 nitrogen and oxygen atoms in total. The van der Waals surface area contributed by atoms with Crippen LogP contribution in [0.15, 0.2) is 28.8 Å². The first-order chi connectivity index (χ1) is 9.24. The van der Waals surface area contributed by atoms with Gasteiger partial charge in [0.15, 0.2) is 11.5 Å². The molecule has 2 aliphatic rings. The minimum Gasteiger partial charge on any atom is -0.448 e. The Morgan fingerprint density at radius 3 is 2.58 bits per heavy atom. The first-order valence-electron chi connectivity index (χ1n) is 6.49. The minimum absolute atomic E-state index is 0.305. The second-order valence-electron chi connectivity index (χ2n) is 5.10. The van der Waals surface area contributed by atoms with Crippen molar-refractivity contribution in [3.63, 3.8) is 0 Å². The summed E-state index contributed by atoms with van der Waals surface area (Å²) in [7, 11) is 0. The Balaban J connectivity index is 1.69. The molecule has 0 atom stereocenters. The molecule has 1 aliphatic heterocycles. The number of ether oxygens (including phenoxy) is 2. The Hall–Kier alpha value is -2.17. The van der Waals surface area contributed by atoms with Crippen LogP contribution in [0.4, 0.5) is 5.88 Å². The molecule has 2 aromatic rings. The van der Waals surface area contributed by atoms with Crippen LogP contribution in [0.5, 0.6) is 11.5 Å². The van der Waals surface area contributed by atoms with Gasteiger partial charge in [0.05, 0.1) is 0 Å². The summed E-state index contributed by atoms with van der Waals surface area (Å²) in [5.41, 5.74) is 7.16. The third-order valence-electron chi connectivity index (χ3n) is 3.73. The van der Waals surface area contributed by atoms with Gasteiger partial charge in [-0.15, -0.1) is 0 Å². The number of hydrogen-bond donors (Lipinski definition) is 1. The maximum Gasteiger partial charge on any atom is 0.251 e. The maximum absolute atomic E-state index is 6.01. The SMILES string of the molecule is Nc1cc(-c2ccc3c(c2)OC2(CCCC2)O3)no1. The number of fused-ring (bicyclic) bond motifs is 1. The monoisotopic (exact) mass is 258 g/mol. The Morgan fingerprint density at radius 2 is 1.84 bits per heavy atom. The summed E-state index contributed by atoms with van der Waals surface area (Å²) < 4.78 is 16.9. The van der Waals surface area contributed by atoms with E-state index in [0.717, 1.165) is 42.7 Å². The summed E-state index contributed by atoms with van der Waals surface area (Å²) in [6, 6.07) is 7.48. The molecule has 19 heavy (non-hydrogen) atoms. The van der Waals surface area contributed by atoms with Crippen LogP contribution in [-0.2, 0) is 0 Å². The van der Waals surface area contributed by atoms with Crippen LogP contribution >= 0.6 is 0 Å². The standard InChI is InChI=1S/C14H14N2O3/c15-13-8-10(16-19-13)9-3-4-11-12(7-9)18-14(17-11)5-1-2-6-14/h3-4,7-8H,1-2,5-6,15H2. The summed E-state index contributed by atoms with van der Waals surface area (Å²) in [6.07, 6.45) is 4.21. The number of hydrogen-bond acceptors (Lipinski definition) is 5. The highest BCUT2D eigenvalue weighted by Crippen LogP contribution is 2.47. The molecule has 4 rings (SSSR count). The number of benzene rings is 1. The van der Waals surface area contributed by atoms with Gasteiger partial charge in [-0.1, -0.05) is 5.16 Å². The number of nitrogens with zero attached hydrogens (tertiary/aromatic N) is 1. The van der Waals surface area contributed by atoms with Crippen LogP contribution in [-0.4, -0.2) is 10.9 Å². The van der Waals surface area contributed by atoms with Crippen LogP contribution in [0, 0.1) is 0 Å². The third kappa shape index (κ3) is 1.65. The van der Waals surface area contributed by atoms with E-state index in [9.17, 15) is 0 Å². The molecule has 2 heterocycles. The van der Waals surface area contributed by atoms with E-state index in [1.165, 1.54) is 0 Å². The molecule has 1 aromatic heterocycles. The van der Waals surface area contributed by atoms with Gasteiger partial charge in [0.25, 0.3) is 5.79 Å². The van der Waals surface area contributed by atoms with Gasteiger partial charge in [-0.2, -0.15) is 0 Å². The van der Waals surface area contributed by atoms with E-state index in [-0.39, 0.29) is 0 Å². The van der Waals surface area contributed by atoms with Crippen molar-refractivity contribution in [3.05, 3.63) is 24.3 Å². The second-order valence-corrected chi connectivity index (χ2v) is 5.10. The van der Waals surface area contributed by atoms with Gasteiger partial charge in [-0.3, -0.25) is 0 Å². The first-order valence-corrected chi connectivity index (χ1v) is 6.49. The molecule has 0 bridgehead atoms. The van der Waals surface area contributed by atoms with Gasteiger partial charge < -0.3 is 19.7 Å². The van der Waals surface area contributed by atoms with Crippen molar-refractivity contribution in [3.8, 4) is 22.8 Å². The Labute approximate surface area is 110 Å². The molecule has 1 fully saturated rings. The summed E-state index contributed by atoms with van der Waals surface area (Å²) >= 11 is 0. The van der Waals surface area contributed by atoms with Crippen LogP contribution < -0.4 is 15.2 Å². The molecule has 5 heteroatoms. The Kier molecular flexibility index (Phi) is 2.07. The molecular weight excluding hydrogens is 244 g/mol. The summed E-state index contributed by atoms with van der Waals surface area (Å²) in [5, 5.41) is 3.90. The molecule has 0 amide bonds. The van der Waals surface area contributed by atoms with Crippen molar-refractivity contribution < 1.29 is 14.0 Å². The zero-order chi connectivity index (χ0) is 12.9. The number of nitrogens with two attached hydrogens (primary N) is 1. The number of aromatic nitrogens is 1. The highest BCUT2D eigenvalue weighted by molar-refractivity contribution is 5.65. The fourth-order valence-corrected chi connectivity index (χ4v) is 2.80. The molecule has 1 saturated carbocycles. The number of rotatable bonds is 1. The van der Waals surface area contributed by atoms with E-state index in [1.54, 1.807) is 6.07 Å². The van der Waals surface area contributed by atoms with Gasteiger partial charge in [-0.25, -0.2) is 0 Å². The number of nitrogen functional groups attached to an aromatic ring is 1. The van der Waals surface area contributed by atoms with Crippen LogP contribution in [0.25, 0.3) is 11.3 Å². The second kappa shape index (κ2) is 3.66. The largest absolute Gasteiger partial charge is 0.448 e. The quantitative estimate of drug-likeness (QED) is 0.851. The molecule has 0 radical (unpaired) electrons. The molecular formula is C14H14N2O3. The van der Waals surface area contributed by atoms with Crippen molar-refractivity contribution in [2.24, 2.45) is 0 Å². The zero-order valence-electron chi connectivity index (χ0n) is 10.4. The fourth-order valence-electron chi connectivity index (χ4n) is 2.80. The maximum atomic E-state index is 6.01. The smallest absolute Gasteiger partial charge is 0.251 e. The van der Waals surface area contributed by atoms with Crippen molar-refractivity contribution in [1.29, 1.82) is 0 Å². The summed E-state index contributed by atoms with van der Waals surface area (Å²) in [6.45, 7) is 0. The van der Waals surface area contributed by atoms with Crippen molar-refractivity contribution in [2.45, 2.75) is 31.5 Å². The lowest BCUT2D eigenvalue weighted by Gasteiger charge is -2.21. The van der Waals surface area contributed by atoms with E-state index in [1.807, 2.05) is 18.2 Å². The molecule has 98 valence electrons. The molecule has 0 saturated heterocycles. The van der Waals surface area contributed by atoms with Gasteiger partial charge in [0.1, 0.15) is 5.69 Å². The van der Waals surface area contributed by atoms with Crippen molar-refractivity contribution >= 4 is 5.88 Å². The van der Waals surface area contributed by atoms with Crippen LogP contribution in [0.1, 0.15) is 25.7 Å². The molecule has 1 spiro atoms. The normalized spacial score (nSPS) is 19.2. The molecule has 2 N–H and O–H groups in total. The van der Waals surface area contributed by atoms with Gasteiger partial charge in [-0.05, 0) is 31.0 Å². The predicted molar refractivity (Wildman–Crippen MR) is 68.8 cm³/mol. The Bertz CT molecular complexity index is 629. The Morgan fingerprint density at radius 1 is 1.05 bits per heavy atom. The van der Waals surface area contributed by atoms with Gasteiger partial charge in [0, 0.05) is 24.5 Å². The highest BCUT2D eigenvalue weighted by Gasteiger charge is 2.44. The van der Waals surface area contributed by atoms with Crippen molar-refractivity contribution in [2.75, 3.05) is 5.73 Å². The van der Waals surface area contributed by atoms with Crippen LogP contribution in [0.3, 0.4) is 0 Å². The molecule has 0 unspecified atom stereocenters. The minimum atomic E-state index is -0.427. The fraction of sp³-hybridized carbons (Fsp3) is 0.357. The van der Waals surface area contributed by atoms with E-state index in [0.29, 0.717) is 11.6 Å². The average molecular weight is 258 g/mol. The first kappa shape index (κ1) is 10.7. The lowest BCUT2D eigenvalue weighted by Crippen LogP contribution is -2.34. The topological polar surface area (TPSA) is 70.5 Å². The van der Waals surface area contributed by atoms with E-state index >= 15 is 0 Å². The van der Waals surface area contributed by atoms with Gasteiger partial charge >= 0.3 is 0 Å². The highest BCUT2D eigenvalue weighted by atomic mass is 16.7. The zero-order valence-corrected chi connectivity index (χ0v) is 10.4. The lowest BCUT2D eigenvalue weighted by molar-refractivity contribution is -0.0716. The van der Waals surface area contributed by atoms with E-state index in [2.05, 4.69) is 5.16 Å². The molecule has 1 aliphatic carbocycles. The van der Waals surface area contributed by atoms with Crippen molar-refractivity contribution in [1.82, 2.24) is 5.16 Å². The lowest BCUT2D eigenvalue weighted by atomic mass is 10.1. The van der Waals surface area contributed by atoms with Crippen LogP contribution in [0.2, 0.25) is 0 Å². The van der Waals surface area contributed by atoms with E-state index < -0.39 is 5.79 Å².